The molecule has 6 N–H and O–H groups in total. The number of hydrogen-bond acceptors (Lipinski definition) is 4. The maximum absolute atomic E-state index is 10.5. The molecule has 0 radical (unpaired) electrons. The van der Waals surface area contributed by atoms with E-state index in [1.165, 1.54) is 18.2 Å². The van der Waals surface area contributed by atoms with Gasteiger partial charge in [0.05, 0.1) is 5.56 Å². The van der Waals surface area contributed by atoms with Crippen LogP contribution < -0.4 is 11.5 Å². The van der Waals surface area contributed by atoms with Crippen molar-refractivity contribution in [2.24, 2.45) is 11.5 Å². The molecule has 6 heteroatoms. The first-order chi connectivity index (χ1) is 8.40. The molecular formula is C12H14N2O4. The van der Waals surface area contributed by atoms with Crippen LogP contribution in [0.1, 0.15) is 10.4 Å². The summed E-state index contributed by atoms with van der Waals surface area (Å²) in [4.78, 5) is 20.4. The van der Waals surface area contributed by atoms with Crippen molar-refractivity contribution in [1.82, 2.24) is 0 Å². The van der Waals surface area contributed by atoms with Crippen molar-refractivity contribution < 1.29 is 19.8 Å². The van der Waals surface area contributed by atoms with Crippen LogP contribution in [0.25, 0.3) is 0 Å². The first-order valence-electron chi connectivity index (χ1n) is 4.79. The Labute approximate surface area is 104 Å². The molecule has 0 saturated heterocycles. The minimum atomic E-state index is -0.843. The molecule has 0 atom stereocenters. The standard InChI is InChI=1S/C7H7NO2.C5H7NO2/c8-7(10)5-3-1-2-4-6(5)9;1-2-3-4(7)5(6)8/h1-4,9H,(H2,8,10);2-3,7H,1H2,(H2,6,8)/b;4-3-. The number of allylic oxidation sites excluding steroid dienone is 2. The highest BCUT2D eigenvalue weighted by molar-refractivity contribution is 5.95. The zero-order chi connectivity index (χ0) is 14.1. The van der Waals surface area contributed by atoms with Crippen LogP contribution in [-0.2, 0) is 4.79 Å². The van der Waals surface area contributed by atoms with Gasteiger partial charge in [-0.2, -0.15) is 0 Å². The average Bonchev–Trinajstić information content (AvgIpc) is 2.30. The summed E-state index contributed by atoms with van der Waals surface area (Å²) in [7, 11) is 0. The van der Waals surface area contributed by atoms with Crippen LogP contribution >= 0.6 is 0 Å². The molecule has 0 spiro atoms. The van der Waals surface area contributed by atoms with Gasteiger partial charge in [0.2, 0.25) is 0 Å². The number of rotatable bonds is 3. The van der Waals surface area contributed by atoms with E-state index in [-0.39, 0.29) is 11.3 Å². The zero-order valence-corrected chi connectivity index (χ0v) is 9.54. The van der Waals surface area contributed by atoms with Crippen LogP contribution in [0.4, 0.5) is 0 Å². The molecule has 0 aromatic heterocycles. The van der Waals surface area contributed by atoms with Crippen molar-refractivity contribution in [3.8, 4) is 5.75 Å². The summed E-state index contributed by atoms with van der Waals surface area (Å²) < 4.78 is 0. The summed E-state index contributed by atoms with van der Waals surface area (Å²) in [5, 5.41) is 17.4. The molecule has 0 unspecified atom stereocenters. The number of aliphatic hydroxyl groups is 1. The molecule has 0 saturated carbocycles. The maximum Gasteiger partial charge on any atom is 0.283 e. The van der Waals surface area contributed by atoms with Crippen molar-refractivity contribution in [1.29, 1.82) is 0 Å². The second-order valence-corrected chi connectivity index (χ2v) is 3.03. The lowest BCUT2D eigenvalue weighted by Crippen LogP contribution is -2.12. The second-order valence-electron chi connectivity index (χ2n) is 3.03. The fraction of sp³-hybridized carbons (Fsp3) is 0. The van der Waals surface area contributed by atoms with Gasteiger partial charge in [-0.05, 0) is 18.2 Å². The highest BCUT2D eigenvalue weighted by atomic mass is 16.3. The van der Waals surface area contributed by atoms with E-state index in [4.69, 9.17) is 15.9 Å². The third-order valence-electron chi connectivity index (χ3n) is 1.70. The van der Waals surface area contributed by atoms with Gasteiger partial charge < -0.3 is 21.7 Å². The number of para-hydroxylation sites is 1. The van der Waals surface area contributed by atoms with E-state index in [0.717, 1.165) is 6.08 Å². The third-order valence-corrected chi connectivity index (χ3v) is 1.70. The summed E-state index contributed by atoms with van der Waals surface area (Å²) in [5.74, 6) is -2.00. The lowest BCUT2D eigenvalue weighted by atomic mass is 10.2. The number of hydrogen-bond donors (Lipinski definition) is 4. The minimum absolute atomic E-state index is 0.0741. The molecule has 1 rings (SSSR count). The molecule has 0 aliphatic carbocycles. The number of benzene rings is 1. The number of amides is 2. The van der Waals surface area contributed by atoms with Gasteiger partial charge in [0.15, 0.2) is 5.76 Å². The van der Waals surface area contributed by atoms with Gasteiger partial charge in [-0.1, -0.05) is 24.8 Å². The van der Waals surface area contributed by atoms with Gasteiger partial charge in [0.25, 0.3) is 11.8 Å². The SMILES string of the molecule is C=C/C=C(\O)C(N)=O.NC(=O)c1ccccc1O. The van der Waals surface area contributed by atoms with Gasteiger partial charge in [0, 0.05) is 0 Å². The predicted octanol–water partition coefficient (Wildman–Crippen LogP) is 0.591. The Morgan fingerprint density at radius 2 is 1.78 bits per heavy atom. The molecule has 6 nitrogen and oxygen atoms in total. The smallest absolute Gasteiger partial charge is 0.283 e. The van der Waals surface area contributed by atoms with Crippen LogP contribution in [0.3, 0.4) is 0 Å². The first kappa shape index (κ1) is 15.2. The lowest BCUT2D eigenvalue weighted by molar-refractivity contribution is -0.116. The highest BCUT2D eigenvalue weighted by Gasteiger charge is 2.03. The fourth-order valence-corrected chi connectivity index (χ4v) is 0.876. The fourth-order valence-electron chi connectivity index (χ4n) is 0.876. The Morgan fingerprint density at radius 1 is 1.22 bits per heavy atom. The Balaban J connectivity index is 0.000000331. The zero-order valence-electron chi connectivity index (χ0n) is 9.54. The van der Waals surface area contributed by atoms with Crippen molar-refractivity contribution in [3.63, 3.8) is 0 Å². The molecule has 0 fully saturated rings. The number of aromatic hydroxyl groups is 1. The van der Waals surface area contributed by atoms with E-state index < -0.39 is 17.6 Å². The van der Waals surface area contributed by atoms with E-state index in [1.54, 1.807) is 12.1 Å². The van der Waals surface area contributed by atoms with E-state index in [1.807, 2.05) is 0 Å². The molecule has 0 aliphatic heterocycles. The Kier molecular flexibility index (Phi) is 6.35. The van der Waals surface area contributed by atoms with E-state index in [0.29, 0.717) is 0 Å². The molecule has 1 aromatic rings. The van der Waals surface area contributed by atoms with Gasteiger partial charge in [-0.15, -0.1) is 0 Å². The molecule has 0 aliphatic rings. The summed E-state index contributed by atoms with van der Waals surface area (Å²) in [6.45, 7) is 3.24. The van der Waals surface area contributed by atoms with Crippen molar-refractivity contribution in [2.45, 2.75) is 0 Å². The quantitative estimate of drug-likeness (QED) is 0.355. The van der Waals surface area contributed by atoms with Crippen molar-refractivity contribution in [2.75, 3.05) is 0 Å². The average molecular weight is 250 g/mol. The summed E-state index contributed by atoms with van der Waals surface area (Å²) in [5.41, 5.74) is 9.69. The monoisotopic (exact) mass is 250 g/mol. The minimum Gasteiger partial charge on any atom is -0.507 e. The van der Waals surface area contributed by atoms with E-state index >= 15 is 0 Å². The molecule has 18 heavy (non-hydrogen) atoms. The number of aliphatic hydroxyl groups excluding tert-OH is 1. The van der Waals surface area contributed by atoms with Gasteiger partial charge in [-0.3, -0.25) is 9.59 Å². The Bertz CT molecular complexity index is 481. The van der Waals surface area contributed by atoms with Crippen LogP contribution in [0.15, 0.2) is 48.8 Å². The Hall–Kier alpha value is -2.76. The maximum atomic E-state index is 10.5. The number of nitrogens with two attached hydrogens (primary N) is 2. The third kappa shape index (κ3) is 5.36. The summed E-state index contributed by atoms with van der Waals surface area (Å²) >= 11 is 0. The molecule has 96 valence electrons. The van der Waals surface area contributed by atoms with Crippen LogP contribution in [-0.4, -0.2) is 22.0 Å². The largest absolute Gasteiger partial charge is 0.507 e. The number of phenols is 1. The van der Waals surface area contributed by atoms with Crippen LogP contribution in [0.2, 0.25) is 0 Å². The predicted molar refractivity (Wildman–Crippen MR) is 66.7 cm³/mol. The summed E-state index contributed by atoms with van der Waals surface area (Å²) in [6.07, 6.45) is 2.41. The first-order valence-corrected chi connectivity index (χ1v) is 4.79. The van der Waals surface area contributed by atoms with Gasteiger partial charge >= 0.3 is 0 Å². The normalized spacial score (nSPS) is 9.89. The number of carbonyl (C=O) groups is 2. The van der Waals surface area contributed by atoms with E-state index in [9.17, 15) is 9.59 Å². The molecule has 1 aromatic carbocycles. The summed E-state index contributed by atoms with van der Waals surface area (Å²) in [6, 6.07) is 6.15. The van der Waals surface area contributed by atoms with Crippen molar-refractivity contribution in [3.05, 3.63) is 54.3 Å². The number of primary amides is 2. The molecule has 0 bridgehead atoms. The topological polar surface area (TPSA) is 127 Å². The van der Waals surface area contributed by atoms with E-state index in [2.05, 4.69) is 12.3 Å². The van der Waals surface area contributed by atoms with Crippen LogP contribution in [0, 0.1) is 0 Å². The molecule has 0 heterocycles. The lowest BCUT2D eigenvalue weighted by Gasteiger charge is -1.96. The molecular weight excluding hydrogens is 236 g/mol. The van der Waals surface area contributed by atoms with Crippen molar-refractivity contribution >= 4 is 11.8 Å². The molecule has 2 amide bonds. The Morgan fingerprint density at radius 3 is 2.06 bits per heavy atom. The second kappa shape index (κ2) is 7.50. The highest BCUT2D eigenvalue weighted by Crippen LogP contribution is 2.13. The number of carbonyl (C=O) groups excluding carboxylic acids is 2. The van der Waals surface area contributed by atoms with Gasteiger partial charge in [-0.25, -0.2) is 0 Å². The van der Waals surface area contributed by atoms with Crippen LogP contribution in [0.5, 0.6) is 5.75 Å². The van der Waals surface area contributed by atoms with Gasteiger partial charge in [0.1, 0.15) is 5.75 Å².